The highest BCUT2D eigenvalue weighted by atomic mass is 35.5. The van der Waals surface area contributed by atoms with Crippen LogP contribution in [0.4, 0.5) is 5.69 Å². The summed E-state index contributed by atoms with van der Waals surface area (Å²) in [5, 5.41) is 12.7. The third-order valence-electron chi connectivity index (χ3n) is 2.72. The number of hydrogen-bond donors (Lipinski definition) is 1. The smallest absolute Gasteiger partial charge is 0.208 e. The molecule has 0 aromatic heterocycles. The summed E-state index contributed by atoms with van der Waals surface area (Å²) in [4.78, 5) is 3.68. The van der Waals surface area contributed by atoms with Gasteiger partial charge in [-0.15, -0.1) is 4.99 Å². The number of hydrogen-bond acceptors (Lipinski definition) is 4. The number of benzene rings is 2. The Bertz CT molecular complexity index is 698. The predicted molar refractivity (Wildman–Crippen MR) is 92.4 cm³/mol. The Kier molecular flexibility index (Phi) is 6.13. The largest absolute Gasteiger partial charge is 0.489 e. The number of amidine groups is 1. The highest BCUT2D eigenvalue weighted by Gasteiger charge is 2.04. The van der Waals surface area contributed by atoms with Gasteiger partial charge in [0.25, 0.3) is 0 Å². The van der Waals surface area contributed by atoms with E-state index < -0.39 is 0 Å². The summed E-state index contributed by atoms with van der Waals surface area (Å²) in [5.74, 6) is 0.649. The van der Waals surface area contributed by atoms with Crippen LogP contribution in [0.5, 0.6) is 5.75 Å². The molecule has 0 spiro atoms. The average Bonchev–Trinajstić information content (AvgIpc) is 2.53. The van der Waals surface area contributed by atoms with Crippen LogP contribution in [0.2, 0.25) is 5.02 Å². The topological polar surface area (TPSA) is 57.4 Å². The molecule has 2 aromatic rings. The third-order valence-corrected chi connectivity index (χ3v) is 3.51. The molecule has 4 nitrogen and oxygen atoms in total. The fraction of sp³-hybridized carbons (Fsp3) is 0.125. The Labute approximate surface area is 138 Å². The van der Waals surface area contributed by atoms with Gasteiger partial charge < -0.3 is 10.1 Å². The number of anilines is 1. The Morgan fingerprint density at radius 2 is 2.09 bits per heavy atom. The van der Waals surface area contributed by atoms with E-state index in [4.69, 9.17) is 21.6 Å². The Morgan fingerprint density at radius 3 is 2.77 bits per heavy atom. The monoisotopic (exact) mass is 331 g/mol. The van der Waals surface area contributed by atoms with Crippen LogP contribution >= 0.6 is 23.4 Å². The first kappa shape index (κ1) is 16.2. The van der Waals surface area contributed by atoms with Gasteiger partial charge in [-0.2, -0.15) is 5.26 Å². The van der Waals surface area contributed by atoms with Gasteiger partial charge in [0.1, 0.15) is 12.4 Å². The predicted octanol–water partition coefficient (Wildman–Crippen LogP) is 4.53. The SMILES string of the molecule is CS/C(=N\C#N)Nc1cc(Cl)cc(OCc2ccccc2)c1. The lowest BCUT2D eigenvalue weighted by Crippen LogP contribution is -2.07. The molecule has 112 valence electrons. The van der Waals surface area contributed by atoms with E-state index in [1.165, 1.54) is 11.8 Å². The van der Waals surface area contributed by atoms with E-state index in [-0.39, 0.29) is 0 Å². The molecule has 0 bridgehead atoms. The first-order chi connectivity index (χ1) is 10.7. The van der Waals surface area contributed by atoms with E-state index >= 15 is 0 Å². The summed E-state index contributed by atoms with van der Waals surface area (Å²) in [7, 11) is 0. The lowest BCUT2D eigenvalue weighted by Gasteiger charge is -2.11. The molecule has 0 heterocycles. The molecule has 6 heteroatoms. The molecule has 0 aliphatic rings. The minimum atomic E-state index is 0.461. The van der Waals surface area contributed by atoms with Gasteiger partial charge in [-0.1, -0.05) is 53.7 Å². The van der Waals surface area contributed by atoms with Crippen molar-refractivity contribution >= 4 is 34.2 Å². The van der Waals surface area contributed by atoms with Crippen molar-refractivity contribution in [2.75, 3.05) is 11.6 Å². The van der Waals surface area contributed by atoms with Gasteiger partial charge in [-0.25, -0.2) is 0 Å². The van der Waals surface area contributed by atoms with Crippen molar-refractivity contribution in [3.8, 4) is 11.9 Å². The molecule has 0 saturated carbocycles. The van der Waals surface area contributed by atoms with Gasteiger partial charge in [0.2, 0.25) is 6.19 Å². The zero-order valence-corrected chi connectivity index (χ0v) is 13.5. The first-order valence-corrected chi connectivity index (χ1v) is 8.06. The number of aliphatic imine (C=N–C) groups is 1. The van der Waals surface area contributed by atoms with Crippen LogP contribution in [0.3, 0.4) is 0 Å². The summed E-state index contributed by atoms with van der Waals surface area (Å²) < 4.78 is 5.75. The lowest BCUT2D eigenvalue weighted by atomic mass is 10.2. The average molecular weight is 332 g/mol. The fourth-order valence-corrected chi connectivity index (χ4v) is 2.33. The van der Waals surface area contributed by atoms with E-state index in [0.717, 1.165) is 11.3 Å². The standard InChI is InChI=1S/C16H14ClN3OS/c1-22-16(19-11-18)20-14-7-13(17)8-15(9-14)21-10-12-5-3-2-4-6-12/h2-9H,10H2,1H3,(H,19,20). The molecular formula is C16H14ClN3OS. The van der Waals surface area contributed by atoms with Crippen LogP contribution in [0.25, 0.3) is 0 Å². The molecule has 1 N–H and O–H groups in total. The number of nitrogens with zero attached hydrogens (tertiary/aromatic N) is 2. The second-order valence-electron chi connectivity index (χ2n) is 4.30. The fourth-order valence-electron chi connectivity index (χ4n) is 1.75. The van der Waals surface area contributed by atoms with Crippen LogP contribution in [-0.2, 0) is 6.61 Å². The molecule has 0 aliphatic carbocycles. The summed E-state index contributed by atoms with van der Waals surface area (Å²) in [6.45, 7) is 0.461. The number of ether oxygens (including phenoxy) is 1. The maximum atomic E-state index is 8.62. The molecule has 0 fully saturated rings. The maximum absolute atomic E-state index is 8.62. The molecule has 2 rings (SSSR count). The number of halogens is 1. The van der Waals surface area contributed by atoms with Gasteiger partial charge in [-0.3, -0.25) is 0 Å². The molecule has 0 saturated heterocycles. The molecular weight excluding hydrogens is 318 g/mol. The van der Waals surface area contributed by atoms with Crippen molar-refractivity contribution in [2.24, 2.45) is 4.99 Å². The highest BCUT2D eigenvalue weighted by molar-refractivity contribution is 8.13. The van der Waals surface area contributed by atoms with Crippen LogP contribution in [-0.4, -0.2) is 11.4 Å². The molecule has 0 unspecified atom stereocenters. The molecule has 0 amide bonds. The van der Waals surface area contributed by atoms with Crippen molar-refractivity contribution in [3.05, 3.63) is 59.1 Å². The van der Waals surface area contributed by atoms with Gasteiger partial charge in [0.15, 0.2) is 5.17 Å². The van der Waals surface area contributed by atoms with E-state index in [0.29, 0.717) is 22.5 Å². The van der Waals surface area contributed by atoms with Crippen LogP contribution in [0.15, 0.2) is 53.5 Å². The van der Waals surface area contributed by atoms with Crippen LogP contribution in [0, 0.1) is 11.5 Å². The van der Waals surface area contributed by atoms with Crippen molar-refractivity contribution in [2.45, 2.75) is 6.61 Å². The Hall–Kier alpha value is -2.16. The molecule has 0 atom stereocenters. The summed E-state index contributed by atoms with van der Waals surface area (Å²) in [6.07, 6.45) is 3.59. The first-order valence-electron chi connectivity index (χ1n) is 6.46. The van der Waals surface area contributed by atoms with E-state index in [2.05, 4.69) is 10.3 Å². The van der Waals surface area contributed by atoms with Crippen molar-refractivity contribution < 1.29 is 4.74 Å². The number of rotatable bonds is 4. The van der Waals surface area contributed by atoms with Crippen molar-refractivity contribution in [3.63, 3.8) is 0 Å². The second-order valence-corrected chi connectivity index (χ2v) is 5.53. The third kappa shape index (κ3) is 4.99. The van der Waals surface area contributed by atoms with Crippen LogP contribution < -0.4 is 10.1 Å². The lowest BCUT2D eigenvalue weighted by molar-refractivity contribution is 0.306. The minimum absolute atomic E-state index is 0.461. The number of nitrogens with one attached hydrogen (secondary N) is 1. The molecule has 0 aliphatic heterocycles. The Morgan fingerprint density at radius 1 is 1.32 bits per heavy atom. The van der Waals surface area contributed by atoms with Gasteiger partial charge >= 0.3 is 0 Å². The van der Waals surface area contributed by atoms with E-state index in [1.54, 1.807) is 18.3 Å². The van der Waals surface area contributed by atoms with E-state index in [9.17, 15) is 0 Å². The van der Waals surface area contributed by atoms with Gasteiger partial charge in [0.05, 0.1) is 0 Å². The van der Waals surface area contributed by atoms with E-state index in [1.807, 2.05) is 42.7 Å². The van der Waals surface area contributed by atoms with Gasteiger partial charge in [0, 0.05) is 16.8 Å². The highest BCUT2D eigenvalue weighted by Crippen LogP contribution is 2.25. The minimum Gasteiger partial charge on any atom is -0.489 e. The summed E-state index contributed by atoms with van der Waals surface area (Å²) in [5.41, 5.74) is 1.80. The number of nitriles is 1. The quantitative estimate of drug-likeness (QED) is 0.508. The second kappa shape index (κ2) is 8.32. The van der Waals surface area contributed by atoms with Gasteiger partial charge in [-0.05, 0) is 24.0 Å². The molecule has 0 radical (unpaired) electrons. The Balaban J connectivity index is 2.10. The summed E-state index contributed by atoms with van der Waals surface area (Å²) >= 11 is 7.45. The van der Waals surface area contributed by atoms with Crippen LogP contribution in [0.1, 0.15) is 5.56 Å². The maximum Gasteiger partial charge on any atom is 0.208 e. The zero-order valence-electron chi connectivity index (χ0n) is 11.9. The number of thioether (sulfide) groups is 1. The van der Waals surface area contributed by atoms with Crippen molar-refractivity contribution in [1.29, 1.82) is 5.26 Å². The normalized spacial score (nSPS) is 10.9. The van der Waals surface area contributed by atoms with Crippen molar-refractivity contribution in [1.82, 2.24) is 0 Å². The summed E-state index contributed by atoms with van der Waals surface area (Å²) in [6, 6.07) is 15.2. The zero-order chi connectivity index (χ0) is 15.8. The molecule has 2 aromatic carbocycles. The molecule has 22 heavy (non-hydrogen) atoms.